The maximum absolute atomic E-state index is 10.4. The van der Waals surface area contributed by atoms with Gasteiger partial charge in [0.15, 0.2) is 0 Å². The van der Waals surface area contributed by atoms with Gasteiger partial charge in [-0.3, -0.25) is 0 Å². The number of aliphatic hydroxyl groups is 1. The monoisotopic (exact) mass is 314 g/mol. The smallest absolute Gasteiger partial charge is 0.0803 e. The highest BCUT2D eigenvalue weighted by atomic mass is 79.9. The zero-order chi connectivity index (χ0) is 12.0. The van der Waals surface area contributed by atoms with Crippen molar-refractivity contribution in [1.29, 1.82) is 0 Å². The molecule has 3 heteroatoms. The molecule has 2 saturated carbocycles. The predicted molar refractivity (Wildman–Crippen MR) is 75.3 cm³/mol. The summed E-state index contributed by atoms with van der Waals surface area (Å²) in [6, 6.07) is 2.10. The number of halogens is 1. The summed E-state index contributed by atoms with van der Waals surface area (Å²) >= 11 is 5.23. The van der Waals surface area contributed by atoms with Crippen LogP contribution in [-0.4, -0.2) is 5.11 Å². The maximum atomic E-state index is 10.4. The van der Waals surface area contributed by atoms with Crippen LogP contribution in [0.15, 0.2) is 9.85 Å². The highest BCUT2D eigenvalue weighted by Crippen LogP contribution is 2.51. The van der Waals surface area contributed by atoms with Crippen LogP contribution in [0.1, 0.15) is 48.6 Å². The van der Waals surface area contributed by atoms with Gasteiger partial charge in [0.1, 0.15) is 0 Å². The summed E-state index contributed by atoms with van der Waals surface area (Å²) in [5, 5.41) is 10.4. The van der Waals surface area contributed by atoms with E-state index < -0.39 is 0 Å². The lowest BCUT2D eigenvalue weighted by Gasteiger charge is -2.24. The summed E-state index contributed by atoms with van der Waals surface area (Å²) in [7, 11) is 0. The Kier molecular flexibility index (Phi) is 3.35. The highest BCUT2D eigenvalue weighted by molar-refractivity contribution is 9.11. The SMILES string of the molecule is Cc1sc(Br)cc1C(O)CC1CC2CCC1C2. The first-order valence-corrected chi connectivity index (χ1v) is 8.18. The second-order valence-electron chi connectivity index (χ2n) is 5.75. The first-order valence-electron chi connectivity index (χ1n) is 6.57. The van der Waals surface area contributed by atoms with Crippen LogP contribution in [0, 0.1) is 24.7 Å². The van der Waals surface area contributed by atoms with Gasteiger partial charge in [-0.15, -0.1) is 11.3 Å². The van der Waals surface area contributed by atoms with Gasteiger partial charge < -0.3 is 5.11 Å². The molecule has 0 amide bonds. The minimum atomic E-state index is -0.248. The first-order chi connectivity index (χ1) is 8.13. The summed E-state index contributed by atoms with van der Waals surface area (Å²) < 4.78 is 1.14. The molecule has 4 unspecified atom stereocenters. The average molecular weight is 315 g/mol. The van der Waals surface area contributed by atoms with Crippen LogP contribution in [0.4, 0.5) is 0 Å². The van der Waals surface area contributed by atoms with Gasteiger partial charge in [-0.25, -0.2) is 0 Å². The van der Waals surface area contributed by atoms with E-state index in [0.717, 1.165) is 33.5 Å². The number of thiophene rings is 1. The third kappa shape index (κ3) is 2.34. The predicted octanol–water partition coefficient (Wildman–Crippen LogP) is 4.68. The molecular formula is C14H19BrOS. The standard InChI is InChI=1S/C14H19BrOS/c1-8-12(7-14(15)17-8)13(16)6-11-5-9-2-3-10(11)4-9/h7,9-11,13,16H,2-6H2,1H3. The van der Waals surface area contributed by atoms with Gasteiger partial charge in [-0.1, -0.05) is 6.42 Å². The van der Waals surface area contributed by atoms with Crippen molar-refractivity contribution in [3.8, 4) is 0 Å². The molecule has 94 valence electrons. The van der Waals surface area contributed by atoms with Gasteiger partial charge in [0.05, 0.1) is 9.89 Å². The van der Waals surface area contributed by atoms with Crippen molar-refractivity contribution in [3.05, 3.63) is 20.3 Å². The molecule has 1 aromatic rings. The Bertz CT molecular complexity index is 414. The van der Waals surface area contributed by atoms with E-state index >= 15 is 0 Å². The summed E-state index contributed by atoms with van der Waals surface area (Å²) in [4.78, 5) is 1.26. The van der Waals surface area contributed by atoms with E-state index in [2.05, 4.69) is 28.9 Å². The Labute approximate surface area is 115 Å². The zero-order valence-corrected chi connectivity index (χ0v) is 12.6. The Morgan fingerprint density at radius 2 is 2.29 bits per heavy atom. The minimum absolute atomic E-state index is 0.248. The molecule has 2 aliphatic carbocycles. The topological polar surface area (TPSA) is 20.2 Å². The maximum Gasteiger partial charge on any atom is 0.0803 e. The summed E-state index contributed by atoms with van der Waals surface area (Å²) in [6.45, 7) is 2.11. The Hall–Kier alpha value is 0.140. The van der Waals surface area contributed by atoms with Gasteiger partial charge in [0.2, 0.25) is 0 Å². The summed E-state index contributed by atoms with van der Waals surface area (Å²) in [5.41, 5.74) is 1.14. The third-order valence-electron chi connectivity index (χ3n) is 4.70. The molecule has 4 atom stereocenters. The molecule has 0 spiro atoms. The fourth-order valence-electron chi connectivity index (χ4n) is 3.87. The van der Waals surface area contributed by atoms with Crippen molar-refractivity contribution in [2.75, 3.05) is 0 Å². The fraction of sp³-hybridized carbons (Fsp3) is 0.714. The lowest BCUT2D eigenvalue weighted by molar-refractivity contribution is 0.125. The van der Waals surface area contributed by atoms with E-state index in [4.69, 9.17) is 0 Å². The molecule has 0 aromatic carbocycles. The van der Waals surface area contributed by atoms with Crippen LogP contribution >= 0.6 is 27.3 Å². The third-order valence-corrected chi connectivity index (χ3v) is 6.26. The van der Waals surface area contributed by atoms with Crippen LogP contribution in [0.3, 0.4) is 0 Å². The van der Waals surface area contributed by atoms with Gasteiger partial charge in [0.25, 0.3) is 0 Å². The quantitative estimate of drug-likeness (QED) is 0.859. The van der Waals surface area contributed by atoms with Crippen molar-refractivity contribution in [2.45, 2.75) is 45.1 Å². The highest BCUT2D eigenvalue weighted by Gasteiger charge is 2.40. The average Bonchev–Trinajstić information content (AvgIpc) is 2.93. The van der Waals surface area contributed by atoms with Crippen molar-refractivity contribution in [1.82, 2.24) is 0 Å². The summed E-state index contributed by atoms with van der Waals surface area (Å²) in [5.74, 6) is 2.67. The van der Waals surface area contributed by atoms with E-state index in [1.807, 2.05) is 0 Å². The molecular weight excluding hydrogens is 296 g/mol. The Morgan fingerprint density at radius 1 is 1.47 bits per heavy atom. The van der Waals surface area contributed by atoms with E-state index in [1.165, 1.54) is 30.6 Å². The van der Waals surface area contributed by atoms with Crippen LogP contribution in [0.5, 0.6) is 0 Å². The van der Waals surface area contributed by atoms with Crippen LogP contribution in [0.2, 0.25) is 0 Å². The van der Waals surface area contributed by atoms with Crippen molar-refractivity contribution in [3.63, 3.8) is 0 Å². The molecule has 0 aliphatic heterocycles. The normalized spacial score (nSPS) is 33.2. The molecule has 17 heavy (non-hydrogen) atoms. The number of rotatable bonds is 3. The number of fused-ring (bicyclic) bond motifs is 2. The van der Waals surface area contributed by atoms with Gasteiger partial charge in [0, 0.05) is 4.88 Å². The largest absolute Gasteiger partial charge is 0.388 e. The molecule has 1 nitrogen and oxygen atoms in total. The van der Waals surface area contributed by atoms with Crippen molar-refractivity contribution < 1.29 is 5.11 Å². The molecule has 2 bridgehead atoms. The minimum Gasteiger partial charge on any atom is -0.388 e. The van der Waals surface area contributed by atoms with E-state index in [0.29, 0.717) is 0 Å². The van der Waals surface area contributed by atoms with Crippen molar-refractivity contribution >= 4 is 27.3 Å². The Balaban J connectivity index is 1.67. The number of hydrogen-bond donors (Lipinski definition) is 1. The molecule has 0 radical (unpaired) electrons. The Morgan fingerprint density at radius 3 is 2.82 bits per heavy atom. The van der Waals surface area contributed by atoms with E-state index in [-0.39, 0.29) is 6.10 Å². The van der Waals surface area contributed by atoms with Crippen LogP contribution in [0.25, 0.3) is 0 Å². The number of aryl methyl sites for hydroxylation is 1. The lowest BCUT2D eigenvalue weighted by Crippen LogP contribution is -2.14. The van der Waals surface area contributed by atoms with Crippen LogP contribution < -0.4 is 0 Å². The van der Waals surface area contributed by atoms with Crippen LogP contribution in [-0.2, 0) is 0 Å². The number of hydrogen-bond acceptors (Lipinski definition) is 2. The molecule has 1 aromatic heterocycles. The molecule has 1 N–H and O–H groups in total. The molecule has 2 aliphatic rings. The fourth-order valence-corrected chi connectivity index (χ4v) is 5.63. The van der Waals surface area contributed by atoms with Gasteiger partial charge in [-0.2, -0.15) is 0 Å². The van der Waals surface area contributed by atoms with Crippen molar-refractivity contribution in [2.24, 2.45) is 17.8 Å². The molecule has 0 saturated heterocycles. The summed E-state index contributed by atoms with van der Waals surface area (Å²) in [6.07, 6.45) is 6.39. The number of aliphatic hydroxyl groups excluding tert-OH is 1. The molecule has 1 heterocycles. The second kappa shape index (κ2) is 4.67. The van der Waals surface area contributed by atoms with E-state index in [1.54, 1.807) is 11.3 Å². The van der Waals surface area contributed by atoms with Gasteiger partial charge in [-0.05, 0) is 77.9 Å². The lowest BCUT2D eigenvalue weighted by atomic mass is 9.84. The zero-order valence-electron chi connectivity index (χ0n) is 10.2. The molecule has 3 rings (SSSR count). The van der Waals surface area contributed by atoms with Gasteiger partial charge >= 0.3 is 0 Å². The first kappa shape index (κ1) is 12.2. The second-order valence-corrected chi connectivity index (χ2v) is 8.38. The van der Waals surface area contributed by atoms with E-state index in [9.17, 15) is 5.11 Å². The molecule has 2 fully saturated rings.